The molecule has 0 spiro atoms. The maximum Gasteiger partial charge on any atom is 0.251 e. The molecule has 28 heavy (non-hydrogen) atoms. The van der Waals surface area contributed by atoms with Gasteiger partial charge in [0.25, 0.3) is 5.91 Å². The first-order valence-corrected chi connectivity index (χ1v) is 10.4. The van der Waals surface area contributed by atoms with Gasteiger partial charge >= 0.3 is 0 Å². The molecule has 0 aromatic heterocycles. The molecule has 6 heteroatoms. The average Bonchev–Trinajstić information content (AvgIpc) is 3.55. The number of hydrogen-bond acceptors (Lipinski definition) is 3. The van der Waals surface area contributed by atoms with E-state index in [1.807, 2.05) is 36.9 Å². The van der Waals surface area contributed by atoms with E-state index in [2.05, 4.69) is 10.6 Å². The molecule has 1 aliphatic heterocycles. The van der Waals surface area contributed by atoms with E-state index in [-0.39, 0.29) is 29.6 Å². The highest BCUT2D eigenvalue weighted by atomic mass is 16.2. The first-order valence-electron chi connectivity index (χ1n) is 10.4. The van der Waals surface area contributed by atoms with Gasteiger partial charge in [-0.05, 0) is 49.7 Å². The summed E-state index contributed by atoms with van der Waals surface area (Å²) in [5.41, 5.74) is 0.547. The molecule has 6 nitrogen and oxygen atoms in total. The van der Waals surface area contributed by atoms with E-state index < -0.39 is 6.04 Å². The van der Waals surface area contributed by atoms with Gasteiger partial charge in [0.15, 0.2) is 0 Å². The average molecular weight is 386 g/mol. The molecule has 3 rings (SSSR count). The Labute approximate surface area is 167 Å². The molecule has 1 saturated carbocycles. The fraction of sp³-hybridized carbons (Fsp3) is 0.591. The fourth-order valence-corrected chi connectivity index (χ4v) is 3.67. The van der Waals surface area contributed by atoms with E-state index in [4.69, 9.17) is 0 Å². The molecule has 2 N–H and O–H groups in total. The van der Waals surface area contributed by atoms with Crippen molar-refractivity contribution in [3.05, 3.63) is 35.9 Å². The molecule has 1 aromatic rings. The van der Waals surface area contributed by atoms with Crippen LogP contribution in [-0.4, -0.2) is 48.3 Å². The molecule has 0 bridgehead atoms. The van der Waals surface area contributed by atoms with E-state index in [9.17, 15) is 14.4 Å². The van der Waals surface area contributed by atoms with E-state index in [1.54, 1.807) is 12.1 Å². The van der Waals surface area contributed by atoms with Crippen LogP contribution in [0.4, 0.5) is 0 Å². The second-order valence-electron chi connectivity index (χ2n) is 8.39. The van der Waals surface area contributed by atoms with E-state index in [0.29, 0.717) is 31.1 Å². The van der Waals surface area contributed by atoms with Gasteiger partial charge in [0.2, 0.25) is 11.8 Å². The monoisotopic (exact) mass is 385 g/mol. The van der Waals surface area contributed by atoms with Gasteiger partial charge in [-0.1, -0.05) is 32.0 Å². The summed E-state index contributed by atoms with van der Waals surface area (Å²) in [6.07, 6.45) is 3.47. The van der Waals surface area contributed by atoms with Crippen LogP contribution in [0.5, 0.6) is 0 Å². The molecule has 1 heterocycles. The number of amides is 3. The third-order valence-corrected chi connectivity index (χ3v) is 5.54. The molecule has 2 aliphatic rings. The summed E-state index contributed by atoms with van der Waals surface area (Å²) in [6, 6.07) is 8.39. The first-order chi connectivity index (χ1) is 13.5. The maximum absolute atomic E-state index is 12.8. The standard InChI is InChI=1S/C22H31N3O3/c1-15(2)14-23-21(27)19(24-20(26)17-6-4-3-5-7-17)16-10-12-25(13-11-16)22(28)18-8-9-18/h3-7,15-16,18-19H,8-14H2,1-2H3,(H,23,27)(H,24,26)/t19-/m1/s1. The van der Waals surface area contributed by atoms with Crippen LogP contribution in [0.15, 0.2) is 30.3 Å². The molecule has 0 unspecified atom stereocenters. The minimum atomic E-state index is -0.579. The number of likely N-dealkylation sites (tertiary alicyclic amines) is 1. The van der Waals surface area contributed by atoms with Crippen LogP contribution in [0.3, 0.4) is 0 Å². The Hall–Kier alpha value is -2.37. The number of nitrogens with zero attached hydrogens (tertiary/aromatic N) is 1. The summed E-state index contributed by atoms with van der Waals surface area (Å²) in [7, 11) is 0. The molecule has 152 valence electrons. The van der Waals surface area contributed by atoms with Crippen molar-refractivity contribution in [1.82, 2.24) is 15.5 Å². The quantitative estimate of drug-likeness (QED) is 0.755. The number of nitrogens with one attached hydrogen (secondary N) is 2. The van der Waals surface area contributed by atoms with Crippen LogP contribution in [0.25, 0.3) is 0 Å². The number of piperidine rings is 1. The van der Waals surface area contributed by atoms with Crippen molar-refractivity contribution in [2.75, 3.05) is 19.6 Å². The molecule has 1 atom stereocenters. The SMILES string of the molecule is CC(C)CNC(=O)[C@H](NC(=O)c1ccccc1)C1CCN(C(=O)C2CC2)CC1. The summed E-state index contributed by atoms with van der Waals surface area (Å²) >= 11 is 0. The largest absolute Gasteiger partial charge is 0.354 e. The van der Waals surface area contributed by atoms with Crippen LogP contribution in [-0.2, 0) is 9.59 Å². The lowest BCUT2D eigenvalue weighted by atomic mass is 9.88. The zero-order valence-corrected chi connectivity index (χ0v) is 16.8. The molecular weight excluding hydrogens is 354 g/mol. The predicted octanol–water partition coefficient (Wildman–Crippen LogP) is 2.21. The maximum atomic E-state index is 12.8. The van der Waals surface area contributed by atoms with Gasteiger partial charge in [-0.25, -0.2) is 0 Å². The highest BCUT2D eigenvalue weighted by Crippen LogP contribution is 2.33. The Morgan fingerprint density at radius 2 is 1.68 bits per heavy atom. The van der Waals surface area contributed by atoms with E-state index in [1.165, 1.54) is 0 Å². The van der Waals surface area contributed by atoms with Gasteiger partial charge in [-0.2, -0.15) is 0 Å². The van der Waals surface area contributed by atoms with Gasteiger partial charge in [0.05, 0.1) is 0 Å². The molecule has 2 fully saturated rings. The van der Waals surface area contributed by atoms with Gasteiger partial charge < -0.3 is 15.5 Å². The summed E-state index contributed by atoms with van der Waals surface area (Å²) in [5.74, 6) is 0.481. The summed E-state index contributed by atoms with van der Waals surface area (Å²) in [6.45, 7) is 5.99. The number of hydrogen-bond donors (Lipinski definition) is 2. The van der Waals surface area contributed by atoms with Gasteiger partial charge in [-0.15, -0.1) is 0 Å². The van der Waals surface area contributed by atoms with E-state index in [0.717, 1.165) is 25.7 Å². The van der Waals surface area contributed by atoms with Crippen LogP contribution < -0.4 is 10.6 Å². The van der Waals surface area contributed by atoms with Crippen molar-refractivity contribution in [3.63, 3.8) is 0 Å². The normalized spacial score (nSPS) is 18.6. The molecule has 1 aliphatic carbocycles. The zero-order valence-electron chi connectivity index (χ0n) is 16.8. The van der Waals surface area contributed by atoms with Crippen molar-refractivity contribution >= 4 is 17.7 Å². The van der Waals surface area contributed by atoms with Gasteiger partial charge in [0, 0.05) is 31.1 Å². The second-order valence-corrected chi connectivity index (χ2v) is 8.39. The predicted molar refractivity (Wildman–Crippen MR) is 108 cm³/mol. The van der Waals surface area contributed by atoms with Crippen molar-refractivity contribution in [1.29, 1.82) is 0 Å². The van der Waals surface area contributed by atoms with Crippen LogP contribution in [0.1, 0.15) is 49.9 Å². The van der Waals surface area contributed by atoms with Crippen LogP contribution in [0, 0.1) is 17.8 Å². The summed E-state index contributed by atoms with van der Waals surface area (Å²) < 4.78 is 0. The minimum Gasteiger partial charge on any atom is -0.354 e. The Kier molecular flexibility index (Phi) is 6.70. The second kappa shape index (κ2) is 9.22. The van der Waals surface area contributed by atoms with Crippen LogP contribution in [0.2, 0.25) is 0 Å². The highest BCUT2D eigenvalue weighted by Gasteiger charge is 2.38. The zero-order chi connectivity index (χ0) is 20.1. The highest BCUT2D eigenvalue weighted by molar-refractivity contribution is 5.97. The number of carbonyl (C=O) groups excluding carboxylic acids is 3. The summed E-state index contributed by atoms with van der Waals surface area (Å²) in [4.78, 5) is 39.7. The number of benzene rings is 1. The van der Waals surface area contributed by atoms with Crippen molar-refractivity contribution in [3.8, 4) is 0 Å². The minimum absolute atomic E-state index is 0.0306. The van der Waals surface area contributed by atoms with Crippen molar-refractivity contribution in [2.24, 2.45) is 17.8 Å². The number of carbonyl (C=O) groups is 3. The molecule has 1 saturated heterocycles. The number of rotatable bonds is 7. The Morgan fingerprint density at radius 1 is 1.04 bits per heavy atom. The summed E-state index contributed by atoms with van der Waals surface area (Å²) in [5, 5.41) is 5.92. The fourth-order valence-electron chi connectivity index (χ4n) is 3.67. The lowest BCUT2D eigenvalue weighted by Crippen LogP contribution is -2.54. The van der Waals surface area contributed by atoms with E-state index >= 15 is 0 Å². The van der Waals surface area contributed by atoms with Gasteiger partial charge in [-0.3, -0.25) is 14.4 Å². The smallest absolute Gasteiger partial charge is 0.251 e. The molecular formula is C22H31N3O3. The third-order valence-electron chi connectivity index (χ3n) is 5.54. The third kappa shape index (κ3) is 5.33. The topological polar surface area (TPSA) is 78.5 Å². The molecule has 0 radical (unpaired) electrons. The lowest BCUT2D eigenvalue weighted by molar-refractivity contribution is -0.134. The molecule has 1 aromatic carbocycles. The molecule has 3 amide bonds. The Morgan fingerprint density at radius 3 is 2.25 bits per heavy atom. The first kappa shape index (κ1) is 20.4. The Balaban J connectivity index is 1.64. The van der Waals surface area contributed by atoms with Gasteiger partial charge in [0.1, 0.15) is 6.04 Å². The van der Waals surface area contributed by atoms with Crippen LogP contribution >= 0.6 is 0 Å². The lowest BCUT2D eigenvalue weighted by Gasteiger charge is -2.36. The van der Waals surface area contributed by atoms with Crippen molar-refractivity contribution in [2.45, 2.75) is 45.6 Å². The Bertz CT molecular complexity index is 692. The van der Waals surface area contributed by atoms with Crippen molar-refractivity contribution < 1.29 is 14.4 Å².